The van der Waals surface area contributed by atoms with Crippen LogP contribution in [0.5, 0.6) is 0 Å². The number of nitrogens with one attached hydrogen (secondary N) is 1. The van der Waals surface area contributed by atoms with Gasteiger partial charge in [0, 0.05) is 12.4 Å². The third-order valence-corrected chi connectivity index (χ3v) is 3.99. The number of nitrogens with zero attached hydrogens (tertiary/aromatic N) is 1. The Balaban J connectivity index is 1.70. The first-order valence-electron chi connectivity index (χ1n) is 6.97. The molecule has 1 aliphatic heterocycles. The lowest BCUT2D eigenvalue weighted by Crippen LogP contribution is -2.46. The maximum atomic E-state index is 12.5. The molecule has 0 radical (unpaired) electrons. The third-order valence-electron chi connectivity index (χ3n) is 3.99. The smallest absolute Gasteiger partial charge is 0.323 e. The minimum absolute atomic E-state index is 0.104. The summed E-state index contributed by atoms with van der Waals surface area (Å²) in [4.78, 5) is 25.1. The zero-order valence-electron chi connectivity index (χ0n) is 11.2. The lowest BCUT2D eigenvalue weighted by atomic mass is 9.87. The zero-order chi connectivity index (χ0) is 14.1. The van der Waals surface area contributed by atoms with Gasteiger partial charge in [0.25, 0.3) is 0 Å². The molecule has 20 heavy (non-hydrogen) atoms. The highest BCUT2D eigenvalue weighted by Gasteiger charge is 2.36. The highest BCUT2D eigenvalue weighted by molar-refractivity contribution is 6.00. The van der Waals surface area contributed by atoms with Gasteiger partial charge < -0.3 is 15.3 Å². The van der Waals surface area contributed by atoms with Gasteiger partial charge in [0.2, 0.25) is 0 Å². The van der Waals surface area contributed by atoms with E-state index in [1.54, 1.807) is 17.3 Å². The Kier molecular flexibility index (Phi) is 3.34. The van der Waals surface area contributed by atoms with Crippen molar-refractivity contribution in [1.29, 1.82) is 0 Å². The van der Waals surface area contributed by atoms with Gasteiger partial charge in [-0.25, -0.2) is 0 Å². The van der Waals surface area contributed by atoms with E-state index in [4.69, 9.17) is 5.11 Å². The van der Waals surface area contributed by atoms with Gasteiger partial charge in [-0.05, 0) is 30.8 Å². The summed E-state index contributed by atoms with van der Waals surface area (Å²) in [7, 11) is 0. The van der Waals surface area contributed by atoms with Crippen LogP contribution in [0.4, 0.5) is 0 Å². The van der Waals surface area contributed by atoms with Crippen LogP contribution in [0, 0.1) is 11.8 Å². The van der Waals surface area contributed by atoms with Crippen molar-refractivity contribution in [3.05, 3.63) is 36.2 Å². The molecule has 2 unspecified atom stereocenters. The first-order valence-corrected chi connectivity index (χ1v) is 6.97. The minimum Gasteiger partial charge on any atom is -0.480 e. The Hall–Kier alpha value is -2.04. The van der Waals surface area contributed by atoms with E-state index in [0.717, 1.165) is 12.0 Å². The van der Waals surface area contributed by atoms with Crippen molar-refractivity contribution in [3.8, 4) is 0 Å². The number of Topliss-reactive ketones (excluding diaryl/α,β-unsaturated/α-hetero) is 1. The Morgan fingerprint density at radius 1 is 1.45 bits per heavy atom. The van der Waals surface area contributed by atoms with Crippen molar-refractivity contribution < 1.29 is 14.7 Å². The molecule has 0 saturated heterocycles. The lowest BCUT2D eigenvalue weighted by Gasteiger charge is -2.30. The van der Waals surface area contributed by atoms with Crippen molar-refractivity contribution in [2.45, 2.75) is 25.4 Å². The van der Waals surface area contributed by atoms with Crippen LogP contribution in [0.1, 0.15) is 19.3 Å². The van der Waals surface area contributed by atoms with Gasteiger partial charge in [0.15, 0.2) is 5.78 Å². The predicted octanol–water partition coefficient (Wildman–Crippen LogP) is 1.26. The molecule has 5 heteroatoms. The molecule has 3 aliphatic rings. The number of hydrogen-bond acceptors (Lipinski definition) is 4. The summed E-state index contributed by atoms with van der Waals surface area (Å²) in [5, 5.41) is 12.0. The van der Waals surface area contributed by atoms with E-state index in [1.807, 2.05) is 18.2 Å². The molecule has 5 nitrogen and oxygen atoms in total. The number of carboxylic acids is 1. The molecule has 3 rings (SSSR count). The van der Waals surface area contributed by atoms with E-state index in [-0.39, 0.29) is 24.4 Å². The molecular weight excluding hydrogens is 256 g/mol. The van der Waals surface area contributed by atoms with Crippen LogP contribution in [0.2, 0.25) is 0 Å². The molecule has 2 N–H and O–H groups in total. The normalized spacial score (nSPS) is 28.5. The van der Waals surface area contributed by atoms with Crippen LogP contribution in [0.25, 0.3) is 0 Å². The Labute approximate surface area is 117 Å². The third kappa shape index (κ3) is 2.61. The first kappa shape index (κ1) is 13.0. The molecule has 1 fully saturated rings. The molecule has 0 bridgehead atoms. The maximum absolute atomic E-state index is 12.5. The van der Waals surface area contributed by atoms with Gasteiger partial charge in [-0.2, -0.15) is 0 Å². The van der Waals surface area contributed by atoms with Crippen molar-refractivity contribution in [2.24, 2.45) is 11.8 Å². The molecule has 0 aromatic heterocycles. The minimum atomic E-state index is -0.899. The van der Waals surface area contributed by atoms with Crippen molar-refractivity contribution in [3.63, 3.8) is 0 Å². The fourth-order valence-corrected chi connectivity index (χ4v) is 2.77. The number of rotatable bonds is 5. The molecule has 0 aromatic rings. The number of allylic oxidation sites excluding steroid dienone is 3. The number of carboxylic acid groups (broad SMARTS) is 1. The van der Waals surface area contributed by atoms with Crippen LogP contribution in [0.15, 0.2) is 36.2 Å². The number of carbonyl (C=O) groups excluding carboxylic acids is 1. The lowest BCUT2D eigenvalue weighted by molar-refractivity contribution is -0.138. The number of ketones is 1. The summed E-state index contributed by atoms with van der Waals surface area (Å²) < 4.78 is 0. The number of aliphatic carboxylic acids is 1. The van der Waals surface area contributed by atoms with Gasteiger partial charge in [-0.3, -0.25) is 9.59 Å². The summed E-state index contributed by atoms with van der Waals surface area (Å²) in [6.07, 6.45) is 12.1. The van der Waals surface area contributed by atoms with Crippen molar-refractivity contribution >= 4 is 11.8 Å². The fraction of sp³-hybridized carbons (Fsp3) is 0.467. The molecule has 2 aliphatic carbocycles. The Morgan fingerprint density at radius 2 is 2.25 bits per heavy atom. The molecular formula is C15H18N2O3. The second-order valence-electron chi connectivity index (χ2n) is 5.61. The molecule has 0 amide bonds. The van der Waals surface area contributed by atoms with E-state index in [9.17, 15) is 9.59 Å². The average molecular weight is 274 g/mol. The van der Waals surface area contributed by atoms with E-state index in [1.165, 1.54) is 12.8 Å². The van der Waals surface area contributed by atoms with E-state index >= 15 is 0 Å². The van der Waals surface area contributed by atoms with Crippen LogP contribution < -0.4 is 5.32 Å². The van der Waals surface area contributed by atoms with Gasteiger partial charge >= 0.3 is 5.97 Å². The molecule has 0 spiro atoms. The monoisotopic (exact) mass is 274 g/mol. The van der Waals surface area contributed by atoms with E-state index < -0.39 is 5.97 Å². The second kappa shape index (κ2) is 5.15. The fourth-order valence-electron chi connectivity index (χ4n) is 2.77. The molecule has 1 heterocycles. The molecule has 2 atom stereocenters. The first-order chi connectivity index (χ1) is 9.65. The number of carbonyl (C=O) groups is 2. The predicted molar refractivity (Wildman–Crippen MR) is 73.5 cm³/mol. The Morgan fingerprint density at radius 3 is 2.95 bits per heavy atom. The highest BCUT2D eigenvalue weighted by Crippen LogP contribution is 2.37. The summed E-state index contributed by atoms with van der Waals surface area (Å²) in [6, 6.07) is 0. The highest BCUT2D eigenvalue weighted by atomic mass is 16.4. The summed E-state index contributed by atoms with van der Waals surface area (Å²) in [5.41, 5.74) is 0.879. The maximum Gasteiger partial charge on any atom is 0.323 e. The average Bonchev–Trinajstić information content (AvgIpc) is 3.10. The van der Waals surface area contributed by atoms with Gasteiger partial charge in [-0.1, -0.05) is 18.2 Å². The number of hydrogen-bond donors (Lipinski definition) is 2. The van der Waals surface area contributed by atoms with Crippen molar-refractivity contribution in [1.82, 2.24) is 10.2 Å². The van der Waals surface area contributed by atoms with Crippen molar-refractivity contribution in [2.75, 3.05) is 6.54 Å². The summed E-state index contributed by atoms with van der Waals surface area (Å²) >= 11 is 0. The van der Waals surface area contributed by atoms with E-state index in [2.05, 4.69) is 5.32 Å². The van der Waals surface area contributed by atoms with Crippen LogP contribution in [-0.2, 0) is 9.59 Å². The van der Waals surface area contributed by atoms with E-state index in [0.29, 0.717) is 5.92 Å². The zero-order valence-corrected chi connectivity index (χ0v) is 11.2. The van der Waals surface area contributed by atoms with Gasteiger partial charge in [0.05, 0.1) is 5.92 Å². The van der Waals surface area contributed by atoms with Gasteiger partial charge in [-0.15, -0.1) is 0 Å². The topological polar surface area (TPSA) is 69.6 Å². The van der Waals surface area contributed by atoms with Crippen LogP contribution in [0.3, 0.4) is 0 Å². The van der Waals surface area contributed by atoms with Gasteiger partial charge in [0.1, 0.15) is 12.7 Å². The summed E-state index contributed by atoms with van der Waals surface area (Å²) in [6.45, 7) is -0.104. The molecule has 1 saturated carbocycles. The quantitative estimate of drug-likeness (QED) is 0.789. The molecule has 106 valence electrons. The summed E-state index contributed by atoms with van der Waals surface area (Å²) in [5.74, 6) is -0.425. The standard InChI is InChI=1S/C15H18N2O3/c18-13(19)9-17-7-6-16-15(17)12-3-1-2-11(14(12)20)8-10-4-5-10/h1-3,6-7,10,12,15-16H,4-5,8-9H2,(H,18,19). The van der Waals surface area contributed by atoms with Crippen LogP contribution in [-0.4, -0.2) is 34.5 Å². The SMILES string of the molecule is O=C(O)CN1C=CNC1C1C=CC=C(CC2CC2)C1=O. The largest absolute Gasteiger partial charge is 0.480 e. The second-order valence-corrected chi connectivity index (χ2v) is 5.61. The molecule has 0 aromatic carbocycles. The van der Waals surface area contributed by atoms with Crippen LogP contribution >= 0.6 is 0 Å². The Bertz CT molecular complexity index is 517.